The number of aromatic carboxylic acids is 1. The molecule has 0 bridgehead atoms. The highest BCUT2D eigenvalue weighted by Crippen LogP contribution is 2.22. The van der Waals surface area contributed by atoms with E-state index in [1.54, 1.807) is 0 Å². The van der Waals surface area contributed by atoms with Crippen molar-refractivity contribution in [2.45, 2.75) is 18.7 Å². The van der Waals surface area contributed by atoms with Crippen molar-refractivity contribution in [1.82, 2.24) is 10.1 Å². The second-order valence-corrected chi connectivity index (χ2v) is 5.58. The molecule has 0 aromatic carbocycles. The van der Waals surface area contributed by atoms with Crippen molar-refractivity contribution in [1.29, 1.82) is 0 Å². The lowest BCUT2D eigenvalue weighted by Crippen LogP contribution is -2.17. The summed E-state index contributed by atoms with van der Waals surface area (Å²) in [6.45, 7) is 2.92. The predicted octanol–water partition coefficient (Wildman–Crippen LogP) is 1.19. The van der Waals surface area contributed by atoms with E-state index in [0.29, 0.717) is 0 Å². The molecule has 0 fully saturated rings. The van der Waals surface area contributed by atoms with Crippen molar-refractivity contribution in [3.8, 4) is 0 Å². The number of carboxylic acid groups (broad SMARTS) is 1. The maximum Gasteiger partial charge on any atom is 0.339 e. The Balaban J connectivity index is 2.47. The Morgan fingerprint density at radius 3 is 2.65 bits per heavy atom. The first-order valence-electron chi connectivity index (χ1n) is 5.47. The second-order valence-electron chi connectivity index (χ2n) is 3.96. The van der Waals surface area contributed by atoms with Gasteiger partial charge in [0.05, 0.1) is 0 Å². The SMILES string of the molecule is Cc1noc(C)c1S(=O)(=O)Nc1ncccc1C(=O)O. The van der Waals surface area contributed by atoms with Crippen LogP contribution >= 0.6 is 0 Å². The molecule has 9 heteroatoms. The van der Waals surface area contributed by atoms with E-state index in [-0.39, 0.29) is 27.7 Å². The Morgan fingerprint density at radius 1 is 1.40 bits per heavy atom. The second kappa shape index (κ2) is 4.93. The Labute approximate surface area is 114 Å². The van der Waals surface area contributed by atoms with Crippen LogP contribution in [0.25, 0.3) is 0 Å². The van der Waals surface area contributed by atoms with E-state index in [1.807, 2.05) is 0 Å². The van der Waals surface area contributed by atoms with Gasteiger partial charge in [0.1, 0.15) is 11.3 Å². The van der Waals surface area contributed by atoms with Gasteiger partial charge in [0.15, 0.2) is 16.5 Å². The highest BCUT2D eigenvalue weighted by Gasteiger charge is 2.26. The molecule has 0 aliphatic rings. The van der Waals surface area contributed by atoms with Gasteiger partial charge in [0, 0.05) is 6.20 Å². The molecule has 8 nitrogen and oxygen atoms in total. The van der Waals surface area contributed by atoms with Crippen LogP contribution in [0.1, 0.15) is 21.8 Å². The van der Waals surface area contributed by atoms with E-state index in [0.717, 1.165) is 0 Å². The molecular weight excluding hydrogens is 286 g/mol. The van der Waals surface area contributed by atoms with Crippen molar-refractivity contribution in [3.05, 3.63) is 35.3 Å². The summed E-state index contributed by atoms with van der Waals surface area (Å²) in [6.07, 6.45) is 1.29. The van der Waals surface area contributed by atoms with Crippen LogP contribution in [0.2, 0.25) is 0 Å². The lowest BCUT2D eigenvalue weighted by atomic mass is 10.3. The summed E-state index contributed by atoms with van der Waals surface area (Å²) in [5.41, 5.74) is -0.0642. The van der Waals surface area contributed by atoms with E-state index >= 15 is 0 Å². The largest absolute Gasteiger partial charge is 0.478 e. The number of hydrogen-bond donors (Lipinski definition) is 2. The fourth-order valence-corrected chi connectivity index (χ4v) is 3.06. The maximum absolute atomic E-state index is 12.2. The zero-order valence-electron chi connectivity index (χ0n) is 10.6. The molecule has 0 aliphatic carbocycles. The van der Waals surface area contributed by atoms with E-state index in [9.17, 15) is 13.2 Å². The lowest BCUT2D eigenvalue weighted by Gasteiger charge is -2.08. The van der Waals surface area contributed by atoms with Crippen molar-refractivity contribution < 1.29 is 22.8 Å². The van der Waals surface area contributed by atoms with Gasteiger partial charge in [-0.1, -0.05) is 5.16 Å². The van der Waals surface area contributed by atoms with Crippen molar-refractivity contribution in [2.75, 3.05) is 4.72 Å². The number of carboxylic acids is 1. The number of hydrogen-bond acceptors (Lipinski definition) is 6. The molecule has 0 unspecified atom stereocenters. The molecule has 0 radical (unpaired) electrons. The van der Waals surface area contributed by atoms with Crippen molar-refractivity contribution >= 4 is 21.8 Å². The number of aromatic nitrogens is 2. The first-order chi connectivity index (χ1) is 9.33. The van der Waals surface area contributed by atoms with Crippen LogP contribution in [0.5, 0.6) is 0 Å². The average molecular weight is 297 g/mol. The number of sulfonamides is 1. The van der Waals surface area contributed by atoms with E-state index in [4.69, 9.17) is 9.63 Å². The molecule has 20 heavy (non-hydrogen) atoms. The number of rotatable bonds is 4. The Morgan fingerprint density at radius 2 is 2.10 bits per heavy atom. The van der Waals surface area contributed by atoms with E-state index in [1.165, 1.54) is 32.2 Å². The maximum atomic E-state index is 12.2. The summed E-state index contributed by atoms with van der Waals surface area (Å²) in [7, 11) is -4.02. The zero-order chi connectivity index (χ0) is 14.9. The lowest BCUT2D eigenvalue weighted by molar-refractivity contribution is 0.0697. The van der Waals surface area contributed by atoms with Gasteiger partial charge in [0.25, 0.3) is 10.0 Å². The molecule has 0 aliphatic heterocycles. The number of anilines is 1. The van der Waals surface area contributed by atoms with Gasteiger partial charge in [-0.05, 0) is 26.0 Å². The van der Waals surface area contributed by atoms with Gasteiger partial charge in [-0.3, -0.25) is 4.72 Å². The van der Waals surface area contributed by atoms with Crippen LogP contribution in [0.3, 0.4) is 0 Å². The van der Waals surface area contributed by atoms with Crippen LogP contribution in [-0.2, 0) is 10.0 Å². The molecule has 0 saturated carbocycles. The minimum absolute atomic E-state index is 0.114. The van der Waals surface area contributed by atoms with E-state index in [2.05, 4.69) is 14.9 Å². The summed E-state index contributed by atoms with van der Waals surface area (Å²) >= 11 is 0. The van der Waals surface area contributed by atoms with Crippen LogP contribution in [-0.4, -0.2) is 29.6 Å². The van der Waals surface area contributed by atoms with Gasteiger partial charge in [-0.25, -0.2) is 18.2 Å². The van der Waals surface area contributed by atoms with Gasteiger partial charge >= 0.3 is 5.97 Å². The van der Waals surface area contributed by atoms with Crippen LogP contribution in [0, 0.1) is 13.8 Å². The third-order valence-corrected chi connectivity index (χ3v) is 4.09. The molecule has 2 aromatic rings. The van der Waals surface area contributed by atoms with Crippen LogP contribution in [0.4, 0.5) is 5.82 Å². The quantitative estimate of drug-likeness (QED) is 0.868. The number of carbonyl (C=O) groups is 1. The van der Waals surface area contributed by atoms with Gasteiger partial charge < -0.3 is 9.63 Å². The van der Waals surface area contributed by atoms with Gasteiger partial charge in [-0.2, -0.15) is 0 Å². The molecule has 2 N–H and O–H groups in total. The molecule has 2 rings (SSSR count). The topological polar surface area (TPSA) is 122 Å². The van der Waals surface area contributed by atoms with E-state index < -0.39 is 16.0 Å². The minimum atomic E-state index is -4.02. The van der Waals surface area contributed by atoms with Crippen molar-refractivity contribution in [2.24, 2.45) is 0 Å². The first-order valence-corrected chi connectivity index (χ1v) is 6.95. The molecule has 0 atom stereocenters. The minimum Gasteiger partial charge on any atom is -0.478 e. The Kier molecular flexibility index (Phi) is 3.45. The predicted molar refractivity (Wildman–Crippen MR) is 68.0 cm³/mol. The number of nitrogens with one attached hydrogen (secondary N) is 1. The summed E-state index contributed by atoms with van der Waals surface area (Å²) < 4.78 is 31.4. The average Bonchev–Trinajstić information content (AvgIpc) is 2.69. The molecule has 2 heterocycles. The number of pyridine rings is 1. The summed E-state index contributed by atoms with van der Waals surface area (Å²) in [5.74, 6) is -1.43. The van der Waals surface area contributed by atoms with Gasteiger partial charge in [-0.15, -0.1) is 0 Å². The Hall–Kier alpha value is -2.42. The molecule has 106 valence electrons. The third-order valence-electron chi connectivity index (χ3n) is 2.51. The number of nitrogens with zero attached hydrogens (tertiary/aromatic N) is 2. The molecule has 2 aromatic heterocycles. The zero-order valence-corrected chi connectivity index (χ0v) is 11.4. The fourth-order valence-electron chi connectivity index (χ4n) is 1.70. The first kappa shape index (κ1) is 14.0. The highest BCUT2D eigenvalue weighted by atomic mass is 32.2. The van der Waals surface area contributed by atoms with Crippen LogP contribution < -0.4 is 4.72 Å². The fraction of sp³-hybridized carbons (Fsp3) is 0.182. The van der Waals surface area contributed by atoms with Crippen molar-refractivity contribution in [3.63, 3.8) is 0 Å². The van der Waals surface area contributed by atoms with Gasteiger partial charge in [0.2, 0.25) is 0 Å². The Bertz CT molecular complexity index is 747. The summed E-state index contributed by atoms with van der Waals surface area (Å²) in [4.78, 5) is 14.6. The monoisotopic (exact) mass is 297 g/mol. The summed E-state index contributed by atoms with van der Waals surface area (Å²) in [6, 6.07) is 2.65. The third kappa shape index (κ3) is 2.48. The normalized spacial score (nSPS) is 11.3. The molecular formula is C11H11N3O5S. The number of aryl methyl sites for hydroxylation is 2. The summed E-state index contributed by atoms with van der Waals surface area (Å²) in [5, 5.41) is 12.5. The molecule has 0 saturated heterocycles. The molecule has 0 spiro atoms. The highest BCUT2D eigenvalue weighted by molar-refractivity contribution is 7.92. The molecule has 0 amide bonds. The van der Waals surface area contributed by atoms with Crippen LogP contribution in [0.15, 0.2) is 27.7 Å². The smallest absolute Gasteiger partial charge is 0.339 e. The standard InChI is InChI=1S/C11H11N3O5S/c1-6-9(7(2)19-13-6)20(17,18)14-10-8(11(15)16)4-3-5-12-10/h3-5H,1-2H3,(H,12,14)(H,15,16).